The number of aliphatic hydroxyl groups excluding tert-OH is 1. The van der Waals surface area contributed by atoms with Crippen molar-refractivity contribution in [2.24, 2.45) is 5.41 Å². The van der Waals surface area contributed by atoms with Gasteiger partial charge in [0.25, 0.3) is 0 Å². The van der Waals surface area contributed by atoms with E-state index in [0.717, 1.165) is 44.0 Å². The molecule has 3 rings (SSSR count). The third-order valence-corrected chi connectivity index (χ3v) is 6.45. The zero-order valence-electron chi connectivity index (χ0n) is 22.1. The molecule has 0 unspecified atom stereocenters. The Morgan fingerprint density at radius 2 is 1.51 bits per heavy atom. The number of hydrogen-bond acceptors (Lipinski definition) is 5. The maximum absolute atomic E-state index is 13.1. The van der Waals surface area contributed by atoms with E-state index in [4.69, 9.17) is 9.47 Å². The fraction of sp³-hybridized carbons (Fsp3) is 0.586. The van der Waals surface area contributed by atoms with Crippen LogP contribution in [-0.2, 0) is 10.2 Å². The number of anilines is 1. The summed E-state index contributed by atoms with van der Waals surface area (Å²) in [6, 6.07) is 15.0. The predicted molar refractivity (Wildman–Crippen MR) is 141 cm³/mol. The van der Waals surface area contributed by atoms with Crippen LogP contribution in [-0.4, -0.2) is 68.7 Å². The third-order valence-electron chi connectivity index (χ3n) is 6.45. The van der Waals surface area contributed by atoms with Gasteiger partial charge in [-0.15, -0.1) is 0 Å². The predicted octanol–water partition coefficient (Wildman–Crippen LogP) is 5.12. The van der Waals surface area contributed by atoms with E-state index < -0.39 is 6.10 Å². The van der Waals surface area contributed by atoms with Crippen molar-refractivity contribution in [1.82, 2.24) is 4.90 Å². The third kappa shape index (κ3) is 9.10. The second kappa shape index (κ2) is 12.2. The molecule has 0 aromatic heterocycles. The maximum Gasteiger partial charge on any atom is 0.123 e. The van der Waals surface area contributed by atoms with Gasteiger partial charge in [0, 0.05) is 38.4 Å². The first-order chi connectivity index (χ1) is 16.5. The molecule has 0 saturated carbocycles. The summed E-state index contributed by atoms with van der Waals surface area (Å²) in [6.07, 6.45) is 0.581. The number of ether oxygens (including phenoxy) is 2. The fourth-order valence-corrected chi connectivity index (χ4v) is 5.06. The van der Waals surface area contributed by atoms with E-state index in [1.807, 2.05) is 24.3 Å². The van der Waals surface area contributed by atoms with Crippen LogP contribution in [0.5, 0.6) is 5.75 Å². The lowest BCUT2D eigenvalue weighted by atomic mass is 9.72. The Hall–Kier alpha value is -2.15. The summed E-state index contributed by atoms with van der Waals surface area (Å²) in [5.74, 6) is 0.623. The highest BCUT2D eigenvalue weighted by molar-refractivity contribution is 5.46. The Morgan fingerprint density at radius 3 is 2.11 bits per heavy atom. The van der Waals surface area contributed by atoms with Crippen LogP contribution in [0.3, 0.4) is 0 Å². The summed E-state index contributed by atoms with van der Waals surface area (Å²) < 4.78 is 24.6. The van der Waals surface area contributed by atoms with Gasteiger partial charge in [0.05, 0.1) is 19.3 Å². The Balaban J connectivity index is 1.29. The first kappa shape index (κ1) is 27.4. The van der Waals surface area contributed by atoms with E-state index >= 15 is 0 Å². The molecule has 1 aliphatic heterocycles. The topological polar surface area (TPSA) is 45.2 Å². The molecule has 5 nitrogen and oxygen atoms in total. The molecule has 1 heterocycles. The maximum atomic E-state index is 13.1. The monoisotopic (exact) mass is 486 g/mol. The van der Waals surface area contributed by atoms with Crippen LogP contribution in [0, 0.1) is 11.2 Å². The minimum absolute atomic E-state index is 0.115. The Morgan fingerprint density at radius 1 is 0.886 bits per heavy atom. The number of benzene rings is 2. The standard InChI is InChI=1S/C29H43FN2O3/c1-28(2,3)22-29(4,5)23-6-12-27(13-7-23)35-19-18-34-21-26(33)20-31-14-16-32(17-15-31)25-10-8-24(30)9-11-25/h6-13,26,33H,14-22H2,1-5H3/t26-/m0/s1. The molecule has 1 aliphatic rings. The van der Waals surface area contributed by atoms with Crippen molar-refractivity contribution in [2.45, 2.75) is 52.6 Å². The Labute approximate surface area is 210 Å². The van der Waals surface area contributed by atoms with Gasteiger partial charge >= 0.3 is 0 Å². The van der Waals surface area contributed by atoms with E-state index in [2.05, 4.69) is 56.6 Å². The van der Waals surface area contributed by atoms with Crippen molar-refractivity contribution >= 4 is 5.69 Å². The molecular weight excluding hydrogens is 443 g/mol. The largest absolute Gasteiger partial charge is 0.491 e. The summed E-state index contributed by atoms with van der Waals surface area (Å²) in [5, 5.41) is 10.4. The zero-order chi connectivity index (χ0) is 25.5. The second-order valence-corrected chi connectivity index (χ2v) is 11.5. The first-order valence-corrected chi connectivity index (χ1v) is 12.7. The van der Waals surface area contributed by atoms with Crippen molar-refractivity contribution < 1.29 is 19.0 Å². The van der Waals surface area contributed by atoms with Crippen molar-refractivity contribution in [3.8, 4) is 5.75 Å². The van der Waals surface area contributed by atoms with Gasteiger partial charge in [0.15, 0.2) is 0 Å². The number of β-amino-alcohol motifs (C(OH)–C–C–N with tert-alkyl or cyclic N) is 1. The molecule has 0 amide bonds. The molecule has 0 spiro atoms. The van der Waals surface area contributed by atoms with Crippen LogP contribution in [0.15, 0.2) is 48.5 Å². The summed E-state index contributed by atoms with van der Waals surface area (Å²) in [5.41, 5.74) is 2.75. The van der Waals surface area contributed by atoms with Crippen LogP contribution in [0.2, 0.25) is 0 Å². The Bertz CT molecular complexity index is 886. The smallest absolute Gasteiger partial charge is 0.123 e. The van der Waals surface area contributed by atoms with E-state index in [-0.39, 0.29) is 16.6 Å². The van der Waals surface area contributed by atoms with Crippen LogP contribution in [0.4, 0.5) is 10.1 Å². The highest BCUT2D eigenvalue weighted by Gasteiger charge is 2.27. The average molecular weight is 487 g/mol. The Kier molecular flexibility index (Phi) is 9.56. The van der Waals surface area contributed by atoms with Crippen LogP contribution >= 0.6 is 0 Å². The van der Waals surface area contributed by atoms with Crippen molar-refractivity contribution in [2.75, 3.05) is 57.4 Å². The lowest BCUT2D eigenvalue weighted by molar-refractivity contribution is 0.00718. The minimum atomic E-state index is -0.531. The molecule has 0 bridgehead atoms. The van der Waals surface area contributed by atoms with Gasteiger partial charge in [-0.3, -0.25) is 4.90 Å². The first-order valence-electron chi connectivity index (χ1n) is 12.7. The number of hydrogen-bond donors (Lipinski definition) is 1. The van der Waals surface area contributed by atoms with Gasteiger partial charge in [-0.25, -0.2) is 4.39 Å². The summed E-state index contributed by atoms with van der Waals surface area (Å²) in [7, 11) is 0. The van der Waals surface area contributed by atoms with E-state index in [0.29, 0.717) is 26.4 Å². The fourth-order valence-electron chi connectivity index (χ4n) is 5.06. The van der Waals surface area contributed by atoms with Crippen LogP contribution < -0.4 is 9.64 Å². The molecular formula is C29H43FN2O3. The second-order valence-electron chi connectivity index (χ2n) is 11.5. The van der Waals surface area contributed by atoms with Gasteiger partial charge in [0.2, 0.25) is 0 Å². The quantitative estimate of drug-likeness (QED) is 0.447. The molecule has 2 aromatic rings. The van der Waals surface area contributed by atoms with Crippen LogP contribution in [0.1, 0.15) is 46.6 Å². The number of nitrogens with zero attached hydrogens (tertiary/aromatic N) is 2. The lowest BCUT2D eigenvalue weighted by Gasteiger charge is -2.36. The van der Waals surface area contributed by atoms with Gasteiger partial charge in [-0.05, 0) is 59.2 Å². The van der Waals surface area contributed by atoms with E-state index in [9.17, 15) is 9.50 Å². The minimum Gasteiger partial charge on any atom is -0.491 e. The summed E-state index contributed by atoms with van der Waals surface area (Å²) in [6.45, 7) is 16.6. The molecule has 1 saturated heterocycles. The molecule has 0 radical (unpaired) electrons. The van der Waals surface area contributed by atoms with E-state index in [1.165, 1.54) is 17.7 Å². The molecule has 6 heteroatoms. The highest BCUT2D eigenvalue weighted by Crippen LogP contribution is 2.36. The summed E-state index contributed by atoms with van der Waals surface area (Å²) >= 11 is 0. The normalized spacial score (nSPS) is 16.4. The molecule has 194 valence electrons. The van der Waals surface area contributed by atoms with Gasteiger partial charge in [0.1, 0.15) is 18.2 Å². The molecule has 1 N–H and O–H groups in total. The van der Waals surface area contributed by atoms with Gasteiger partial charge in [-0.2, -0.15) is 0 Å². The van der Waals surface area contributed by atoms with Crippen molar-refractivity contribution in [1.29, 1.82) is 0 Å². The van der Waals surface area contributed by atoms with Gasteiger partial charge < -0.3 is 19.5 Å². The molecule has 2 aromatic carbocycles. The van der Waals surface area contributed by atoms with E-state index in [1.54, 1.807) is 0 Å². The SMILES string of the molecule is CC(C)(C)CC(C)(C)c1ccc(OCCOC[C@@H](O)CN2CCN(c3ccc(F)cc3)CC2)cc1. The van der Waals surface area contributed by atoms with Gasteiger partial charge in [-0.1, -0.05) is 46.8 Å². The average Bonchev–Trinajstić information content (AvgIpc) is 2.79. The molecule has 0 aliphatic carbocycles. The molecule has 1 atom stereocenters. The van der Waals surface area contributed by atoms with Crippen LogP contribution in [0.25, 0.3) is 0 Å². The zero-order valence-corrected chi connectivity index (χ0v) is 22.1. The number of piperazine rings is 1. The lowest BCUT2D eigenvalue weighted by Crippen LogP contribution is -2.49. The molecule has 35 heavy (non-hydrogen) atoms. The number of halogens is 1. The number of rotatable bonds is 11. The highest BCUT2D eigenvalue weighted by atomic mass is 19.1. The summed E-state index contributed by atoms with van der Waals surface area (Å²) in [4.78, 5) is 4.49. The number of aliphatic hydroxyl groups is 1. The van der Waals surface area contributed by atoms with Crippen molar-refractivity contribution in [3.05, 3.63) is 59.9 Å². The van der Waals surface area contributed by atoms with Crippen molar-refractivity contribution in [3.63, 3.8) is 0 Å². The molecule has 1 fully saturated rings.